The number of anilines is 1. The Morgan fingerprint density at radius 1 is 1.14 bits per heavy atom. The van der Waals surface area contributed by atoms with Gasteiger partial charge in [-0.25, -0.2) is 9.97 Å². The highest BCUT2D eigenvalue weighted by Gasteiger charge is 2.12. The van der Waals surface area contributed by atoms with Crippen molar-refractivity contribution >= 4 is 44.7 Å². The van der Waals surface area contributed by atoms with E-state index in [2.05, 4.69) is 31.2 Å². The van der Waals surface area contributed by atoms with E-state index in [0.29, 0.717) is 10.2 Å². The minimum Gasteiger partial charge on any atom is -0.373 e. The van der Waals surface area contributed by atoms with Crippen LogP contribution < -0.4 is 5.32 Å². The fraction of sp³-hybridized carbons (Fsp3) is 0.0667. The van der Waals surface area contributed by atoms with E-state index in [4.69, 9.17) is 11.6 Å². The molecule has 0 aliphatic carbocycles. The van der Waals surface area contributed by atoms with E-state index < -0.39 is 0 Å². The minimum atomic E-state index is 0.665. The average Bonchev–Trinajstić information content (AvgIpc) is 2.87. The van der Waals surface area contributed by atoms with Gasteiger partial charge in [0.1, 0.15) is 10.2 Å². The van der Waals surface area contributed by atoms with E-state index in [-0.39, 0.29) is 0 Å². The van der Waals surface area contributed by atoms with E-state index >= 15 is 0 Å². The summed E-state index contributed by atoms with van der Waals surface area (Å²) in [7, 11) is 1.85. The first-order valence-electron chi connectivity index (χ1n) is 6.25. The maximum Gasteiger partial charge on any atom is 0.172 e. The predicted octanol–water partition coefficient (Wildman–Crippen LogP) is 5.33. The molecule has 3 rings (SSSR count). The lowest BCUT2D eigenvalue weighted by Crippen LogP contribution is -1.97. The Kier molecular flexibility index (Phi) is 4.24. The van der Waals surface area contributed by atoms with Crippen LogP contribution in [0.25, 0.3) is 22.0 Å². The van der Waals surface area contributed by atoms with Crippen LogP contribution in [0.2, 0.25) is 4.34 Å². The minimum absolute atomic E-state index is 0.665. The lowest BCUT2D eigenvalue weighted by atomic mass is 10.1. The van der Waals surface area contributed by atoms with E-state index in [1.807, 2.05) is 49.5 Å². The van der Waals surface area contributed by atoms with Crippen LogP contribution in [0.5, 0.6) is 0 Å². The molecule has 2 aromatic heterocycles. The standard InChI is InChI=1S/C15H11BrClN3S/c1-18-13-8-11(9-5-3-2-4-6-9)19-15(20-13)12-7-10(16)14(17)21-12/h2-8H,1H3,(H,18,19,20). The molecule has 3 aromatic rings. The molecule has 21 heavy (non-hydrogen) atoms. The molecule has 0 atom stereocenters. The van der Waals surface area contributed by atoms with Gasteiger partial charge >= 0.3 is 0 Å². The highest BCUT2D eigenvalue weighted by atomic mass is 79.9. The molecule has 1 N–H and O–H groups in total. The van der Waals surface area contributed by atoms with Gasteiger partial charge in [-0.15, -0.1) is 11.3 Å². The van der Waals surface area contributed by atoms with Crippen molar-refractivity contribution in [1.82, 2.24) is 9.97 Å². The summed E-state index contributed by atoms with van der Waals surface area (Å²) in [5, 5.41) is 3.08. The van der Waals surface area contributed by atoms with Gasteiger partial charge in [-0.1, -0.05) is 41.9 Å². The molecule has 0 aliphatic rings. The molecular weight excluding hydrogens is 370 g/mol. The fourth-order valence-electron chi connectivity index (χ4n) is 1.90. The molecule has 0 radical (unpaired) electrons. The first kappa shape index (κ1) is 14.5. The SMILES string of the molecule is CNc1cc(-c2ccccc2)nc(-c2cc(Br)c(Cl)s2)n1. The van der Waals surface area contributed by atoms with Crippen LogP contribution >= 0.6 is 38.9 Å². The van der Waals surface area contributed by atoms with Crippen molar-refractivity contribution in [3.05, 3.63) is 51.3 Å². The average molecular weight is 381 g/mol. The zero-order valence-corrected chi connectivity index (χ0v) is 14.3. The van der Waals surface area contributed by atoms with Crippen LogP contribution in [0, 0.1) is 0 Å². The highest BCUT2D eigenvalue weighted by molar-refractivity contribution is 9.10. The molecule has 0 saturated heterocycles. The molecule has 0 unspecified atom stereocenters. The van der Waals surface area contributed by atoms with Gasteiger partial charge < -0.3 is 5.32 Å². The molecule has 0 aliphatic heterocycles. The zero-order chi connectivity index (χ0) is 14.8. The number of rotatable bonds is 3. The lowest BCUT2D eigenvalue weighted by Gasteiger charge is -2.07. The van der Waals surface area contributed by atoms with Crippen LogP contribution in [-0.4, -0.2) is 17.0 Å². The molecular formula is C15H11BrClN3S. The van der Waals surface area contributed by atoms with Crippen molar-refractivity contribution in [2.75, 3.05) is 12.4 Å². The van der Waals surface area contributed by atoms with Gasteiger partial charge in [0.05, 0.1) is 10.6 Å². The normalized spacial score (nSPS) is 10.6. The second-order valence-electron chi connectivity index (χ2n) is 4.31. The molecule has 0 amide bonds. The van der Waals surface area contributed by atoms with Crippen molar-refractivity contribution < 1.29 is 0 Å². The number of nitrogens with zero attached hydrogens (tertiary/aromatic N) is 2. The van der Waals surface area contributed by atoms with Crippen LogP contribution in [-0.2, 0) is 0 Å². The zero-order valence-electron chi connectivity index (χ0n) is 11.1. The Hall–Kier alpha value is -1.43. The van der Waals surface area contributed by atoms with Crippen LogP contribution in [0.1, 0.15) is 0 Å². The van der Waals surface area contributed by atoms with Gasteiger partial charge in [0.25, 0.3) is 0 Å². The van der Waals surface area contributed by atoms with Crippen LogP contribution in [0.4, 0.5) is 5.82 Å². The van der Waals surface area contributed by atoms with Gasteiger partial charge in [-0.2, -0.15) is 0 Å². The summed E-state index contributed by atoms with van der Waals surface area (Å²) in [4.78, 5) is 10.1. The Morgan fingerprint density at radius 3 is 2.52 bits per heavy atom. The van der Waals surface area contributed by atoms with E-state index in [9.17, 15) is 0 Å². The van der Waals surface area contributed by atoms with Gasteiger partial charge in [0.15, 0.2) is 5.82 Å². The van der Waals surface area contributed by atoms with E-state index in [1.165, 1.54) is 11.3 Å². The molecule has 6 heteroatoms. The Morgan fingerprint density at radius 2 is 1.90 bits per heavy atom. The maximum atomic E-state index is 6.11. The molecule has 1 aromatic carbocycles. The first-order valence-corrected chi connectivity index (χ1v) is 8.23. The Balaban J connectivity index is 2.13. The van der Waals surface area contributed by atoms with E-state index in [1.54, 1.807) is 0 Å². The quantitative estimate of drug-likeness (QED) is 0.667. The third-order valence-electron chi connectivity index (χ3n) is 2.92. The fourth-order valence-corrected chi connectivity index (χ4v) is 3.54. The van der Waals surface area contributed by atoms with Gasteiger partial charge in [0, 0.05) is 23.2 Å². The topological polar surface area (TPSA) is 37.8 Å². The lowest BCUT2D eigenvalue weighted by molar-refractivity contribution is 1.18. The molecule has 2 heterocycles. The van der Waals surface area contributed by atoms with Crippen molar-refractivity contribution in [2.45, 2.75) is 0 Å². The second-order valence-corrected chi connectivity index (χ2v) is 6.82. The monoisotopic (exact) mass is 379 g/mol. The number of hydrogen-bond donors (Lipinski definition) is 1. The number of benzene rings is 1. The molecule has 0 saturated carbocycles. The van der Waals surface area contributed by atoms with E-state index in [0.717, 1.165) is 26.4 Å². The first-order chi connectivity index (χ1) is 10.2. The summed E-state index contributed by atoms with van der Waals surface area (Å²) in [6.07, 6.45) is 0. The third kappa shape index (κ3) is 3.10. The molecule has 0 bridgehead atoms. The maximum absolute atomic E-state index is 6.11. The highest BCUT2D eigenvalue weighted by Crippen LogP contribution is 2.37. The smallest absolute Gasteiger partial charge is 0.172 e. The van der Waals surface area contributed by atoms with Crippen molar-refractivity contribution in [2.24, 2.45) is 0 Å². The van der Waals surface area contributed by atoms with Crippen molar-refractivity contribution in [1.29, 1.82) is 0 Å². The molecule has 0 fully saturated rings. The number of nitrogens with one attached hydrogen (secondary N) is 1. The molecule has 0 spiro atoms. The summed E-state index contributed by atoms with van der Waals surface area (Å²) in [5.74, 6) is 1.44. The second kappa shape index (κ2) is 6.13. The van der Waals surface area contributed by atoms with Gasteiger partial charge in [-0.05, 0) is 22.0 Å². The number of hydrogen-bond acceptors (Lipinski definition) is 4. The largest absolute Gasteiger partial charge is 0.373 e. The summed E-state index contributed by atoms with van der Waals surface area (Å²) < 4.78 is 1.56. The van der Waals surface area contributed by atoms with Crippen LogP contribution in [0.3, 0.4) is 0 Å². The van der Waals surface area contributed by atoms with Gasteiger partial charge in [-0.3, -0.25) is 0 Å². The summed E-state index contributed by atoms with van der Waals surface area (Å²) in [5.41, 5.74) is 1.94. The van der Waals surface area contributed by atoms with Crippen molar-refractivity contribution in [3.63, 3.8) is 0 Å². The summed E-state index contributed by atoms with van der Waals surface area (Å²) in [6.45, 7) is 0. The predicted molar refractivity (Wildman–Crippen MR) is 93.0 cm³/mol. The summed E-state index contributed by atoms with van der Waals surface area (Å²) >= 11 is 11.0. The molecule has 3 nitrogen and oxygen atoms in total. The third-order valence-corrected chi connectivity index (χ3v) is 5.39. The number of aromatic nitrogens is 2. The molecule has 106 valence electrons. The number of thiophene rings is 1. The van der Waals surface area contributed by atoms with Crippen LogP contribution in [0.15, 0.2) is 46.9 Å². The Labute approximate surface area is 140 Å². The van der Waals surface area contributed by atoms with Gasteiger partial charge in [0.2, 0.25) is 0 Å². The summed E-state index contributed by atoms with van der Waals surface area (Å²) in [6, 6.07) is 13.9. The van der Waals surface area contributed by atoms with Crippen molar-refractivity contribution in [3.8, 4) is 22.0 Å². The Bertz CT molecular complexity index is 754. The number of halogens is 2.